The summed E-state index contributed by atoms with van der Waals surface area (Å²) in [6.45, 7) is 0. The third-order valence-corrected chi connectivity index (χ3v) is 3.75. The van der Waals surface area contributed by atoms with Gasteiger partial charge in [-0.25, -0.2) is 0 Å². The number of nitrogens with two attached hydrogens (primary N) is 1. The first kappa shape index (κ1) is 12.4. The average molecular weight is 285 g/mol. The maximum absolute atomic E-state index is 12.0. The largest absolute Gasteiger partial charge is 0.399 e. The van der Waals surface area contributed by atoms with Crippen molar-refractivity contribution in [2.75, 3.05) is 5.73 Å². The fraction of sp³-hybridized carbons (Fsp3) is 0. The van der Waals surface area contributed by atoms with E-state index in [2.05, 4.69) is 10.3 Å². The summed E-state index contributed by atoms with van der Waals surface area (Å²) < 4.78 is 0.982. The van der Waals surface area contributed by atoms with Gasteiger partial charge in [-0.1, -0.05) is 0 Å². The van der Waals surface area contributed by atoms with Crippen LogP contribution in [0.2, 0.25) is 0 Å². The van der Waals surface area contributed by atoms with Crippen LogP contribution in [0, 0.1) is 0 Å². The van der Waals surface area contributed by atoms with Crippen molar-refractivity contribution in [1.29, 1.82) is 0 Å². The van der Waals surface area contributed by atoms with E-state index >= 15 is 0 Å². The number of aromatic nitrogens is 1. The molecular formula is C14H11N3O2S. The lowest BCUT2D eigenvalue weighted by atomic mass is 10.2. The predicted molar refractivity (Wildman–Crippen MR) is 78.8 cm³/mol. The van der Waals surface area contributed by atoms with Crippen LogP contribution in [0.4, 0.5) is 5.69 Å². The molecule has 5 nitrogen and oxygen atoms in total. The molecule has 2 aromatic heterocycles. The summed E-state index contributed by atoms with van der Waals surface area (Å²) in [6, 6.07) is 9.99. The monoisotopic (exact) mass is 285 g/mol. The van der Waals surface area contributed by atoms with Crippen LogP contribution >= 0.6 is 11.3 Å². The lowest BCUT2D eigenvalue weighted by Crippen LogP contribution is -2.30. The van der Waals surface area contributed by atoms with Crippen LogP contribution in [0.5, 0.6) is 0 Å². The summed E-state index contributed by atoms with van der Waals surface area (Å²) in [5.74, 6) is -0.900. The summed E-state index contributed by atoms with van der Waals surface area (Å²) in [7, 11) is 0. The number of fused-ring (bicyclic) bond motifs is 1. The highest BCUT2D eigenvalue weighted by Gasteiger charge is 2.14. The van der Waals surface area contributed by atoms with Gasteiger partial charge in [-0.2, -0.15) is 0 Å². The van der Waals surface area contributed by atoms with E-state index in [1.165, 1.54) is 11.3 Å². The standard InChI is InChI=1S/C14H11N3O2S/c15-9-3-1-8(2-4-9)13(18)17-14(19)11-7-12-10(16-11)5-6-20-12/h1-7,16H,15H2,(H,17,18,19). The number of H-pyrrole nitrogens is 1. The van der Waals surface area contributed by atoms with Crippen molar-refractivity contribution in [3.8, 4) is 0 Å². The third kappa shape index (κ3) is 2.28. The average Bonchev–Trinajstić information content (AvgIpc) is 2.99. The molecule has 0 aliphatic rings. The molecular weight excluding hydrogens is 274 g/mol. The Morgan fingerprint density at radius 2 is 1.85 bits per heavy atom. The van der Waals surface area contributed by atoms with Gasteiger partial charge >= 0.3 is 0 Å². The zero-order valence-electron chi connectivity index (χ0n) is 10.3. The summed E-state index contributed by atoms with van der Waals surface area (Å²) in [6.07, 6.45) is 0. The lowest BCUT2D eigenvalue weighted by Gasteiger charge is -2.03. The topological polar surface area (TPSA) is 88.0 Å². The molecule has 0 saturated carbocycles. The number of carbonyl (C=O) groups excluding carboxylic acids is 2. The van der Waals surface area contributed by atoms with Gasteiger partial charge in [-0.15, -0.1) is 11.3 Å². The summed E-state index contributed by atoms with van der Waals surface area (Å²) in [5.41, 5.74) is 7.76. The number of rotatable bonds is 2. The van der Waals surface area contributed by atoms with Gasteiger partial charge in [0.25, 0.3) is 11.8 Å². The Morgan fingerprint density at radius 3 is 2.55 bits per heavy atom. The normalized spacial score (nSPS) is 10.6. The van der Waals surface area contributed by atoms with Crippen molar-refractivity contribution in [2.45, 2.75) is 0 Å². The number of aromatic amines is 1. The third-order valence-electron chi connectivity index (χ3n) is 2.88. The molecule has 100 valence electrons. The summed E-state index contributed by atoms with van der Waals surface area (Å²) in [5, 5.41) is 4.27. The summed E-state index contributed by atoms with van der Waals surface area (Å²) in [4.78, 5) is 26.9. The minimum atomic E-state index is -0.451. The van der Waals surface area contributed by atoms with Gasteiger partial charge < -0.3 is 10.7 Å². The van der Waals surface area contributed by atoms with Crippen LogP contribution in [0.3, 0.4) is 0 Å². The SMILES string of the molecule is Nc1ccc(C(=O)NC(=O)c2cc3sccc3[nH]2)cc1. The molecule has 0 radical (unpaired) electrons. The number of nitrogens with one attached hydrogen (secondary N) is 2. The van der Waals surface area contributed by atoms with Crippen LogP contribution in [-0.2, 0) is 0 Å². The Hall–Kier alpha value is -2.60. The number of anilines is 1. The molecule has 20 heavy (non-hydrogen) atoms. The molecule has 6 heteroatoms. The number of imide groups is 1. The minimum absolute atomic E-state index is 0.371. The Balaban J connectivity index is 1.76. The maximum Gasteiger partial charge on any atom is 0.274 e. The summed E-state index contributed by atoms with van der Waals surface area (Å²) >= 11 is 1.53. The first-order chi connectivity index (χ1) is 9.63. The fourth-order valence-electron chi connectivity index (χ4n) is 1.85. The molecule has 0 spiro atoms. The molecule has 0 unspecified atom stereocenters. The molecule has 2 heterocycles. The molecule has 4 N–H and O–H groups in total. The van der Waals surface area contributed by atoms with E-state index < -0.39 is 11.8 Å². The van der Waals surface area contributed by atoms with Gasteiger partial charge in [0.05, 0.1) is 10.2 Å². The second-order valence-electron chi connectivity index (χ2n) is 4.29. The van der Waals surface area contributed by atoms with E-state index in [0.717, 1.165) is 10.2 Å². The molecule has 3 rings (SSSR count). The van der Waals surface area contributed by atoms with Crippen molar-refractivity contribution < 1.29 is 9.59 Å². The van der Waals surface area contributed by atoms with Gasteiger partial charge in [-0.3, -0.25) is 14.9 Å². The van der Waals surface area contributed by atoms with Gasteiger partial charge in [0.2, 0.25) is 0 Å². The Labute approximate surface area is 118 Å². The number of carbonyl (C=O) groups is 2. The zero-order chi connectivity index (χ0) is 14.1. The molecule has 0 bridgehead atoms. The number of hydrogen-bond donors (Lipinski definition) is 3. The molecule has 0 saturated heterocycles. The first-order valence-electron chi connectivity index (χ1n) is 5.91. The first-order valence-corrected chi connectivity index (χ1v) is 6.79. The fourth-order valence-corrected chi connectivity index (χ4v) is 2.63. The predicted octanol–water partition coefficient (Wildman–Crippen LogP) is 2.38. The Kier molecular flexibility index (Phi) is 3.00. The van der Waals surface area contributed by atoms with Crippen LogP contribution in [0.25, 0.3) is 10.2 Å². The molecule has 1 aromatic carbocycles. The Bertz CT molecular complexity index is 758. The zero-order valence-corrected chi connectivity index (χ0v) is 11.2. The van der Waals surface area contributed by atoms with E-state index in [-0.39, 0.29) is 0 Å². The highest BCUT2D eigenvalue weighted by Crippen LogP contribution is 2.21. The molecule has 2 amide bonds. The molecule has 0 aliphatic carbocycles. The molecule has 3 aromatic rings. The van der Waals surface area contributed by atoms with Crippen LogP contribution in [0.15, 0.2) is 41.8 Å². The van der Waals surface area contributed by atoms with Crippen molar-refractivity contribution in [3.05, 3.63) is 53.0 Å². The quantitative estimate of drug-likeness (QED) is 0.499. The van der Waals surface area contributed by atoms with E-state index in [1.54, 1.807) is 30.3 Å². The van der Waals surface area contributed by atoms with E-state index in [1.807, 2.05) is 11.4 Å². The van der Waals surface area contributed by atoms with Gasteiger partial charge in [0.1, 0.15) is 5.69 Å². The number of amides is 2. The second-order valence-corrected chi connectivity index (χ2v) is 5.23. The molecule has 0 aliphatic heterocycles. The number of thiophene rings is 1. The second kappa shape index (κ2) is 4.82. The van der Waals surface area contributed by atoms with Gasteiger partial charge in [-0.05, 0) is 41.8 Å². The number of benzene rings is 1. The van der Waals surface area contributed by atoms with Gasteiger partial charge in [0.15, 0.2) is 0 Å². The minimum Gasteiger partial charge on any atom is -0.399 e. The smallest absolute Gasteiger partial charge is 0.274 e. The van der Waals surface area contributed by atoms with Crippen molar-refractivity contribution >= 4 is 39.1 Å². The van der Waals surface area contributed by atoms with Crippen LogP contribution < -0.4 is 11.1 Å². The van der Waals surface area contributed by atoms with Crippen molar-refractivity contribution in [1.82, 2.24) is 10.3 Å². The van der Waals surface area contributed by atoms with Crippen molar-refractivity contribution in [2.24, 2.45) is 0 Å². The van der Waals surface area contributed by atoms with Crippen molar-refractivity contribution in [3.63, 3.8) is 0 Å². The highest BCUT2D eigenvalue weighted by atomic mass is 32.1. The van der Waals surface area contributed by atoms with E-state index in [4.69, 9.17) is 5.73 Å². The number of hydrogen-bond acceptors (Lipinski definition) is 4. The van der Waals surface area contributed by atoms with E-state index in [9.17, 15) is 9.59 Å². The molecule has 0 fully saturated rings. The van der Waals surface area contributed by atoms with Gasteiger partial charge in [0, 0.05) is 11.3 Å². The number of nitrogen functional groups attached to an aromatic ring is 1. The maximum atomic E-state index is 12.0. The van der Waals surface area contributed by atoms with E-state index in [0.29, 0.717) is 16.9 Å². The van der Waals surface area contributed by atoms with Crippen LogP contribution in [0.1, 0.15) is 20.8 Å². The van der Waals surface area contributed by atoms with Crippen LogP contribution in [-0.4, -0.2) is 16.8 Å². The lowest BCUT2D eigenvalue weighted by molar-refractivity contribution is 0.0847. The highest BCUT2D eigenvalue weighted by molar-refractivity contribution is 7.17. The Morgan fingerprint density at radius 1 is 1.10 bits per heavy atom. The molecule has 0 atom stereocenters.